The van der Waals surface area contributed by atoms with Crippen LogP contribution < -0.4 is 5.69 Å². The molecule has 1 aromatic heterocycles. The molecule has 0 radical (unpaired) electrons. The third-order valence-electron chi connectivity index (χ3n) is 2.05. The number of hydrogen-bond donors (Lipinski definition) is 0. The smallest absolute Gasteiger partial charge is 0.246 e. The highest BCUT2D eigenvalue weighted by Gasteiger charge is 2.11. The number of rotatable bonds is 1. The van der Waals surface area contributed by atoms with Gasteiger partial charge < -0.3 is 0 Å². The predicted octanol–water partition coefficient (Wildman–Crippen LogP) is 2.53. The van der Waals surface area contributed by atoms with Gasteiger partial charge in [-0.2, -0.15) is 0 Å². The Labute approximate surface area is 106 Å². The van der Waals surface area contributed by atoms with Gasteiger partial charge >= 0.3 is 5.69 Å². The van der Waals surface area contributed by atoms with Crippen LogP contribution in [-0.2, 0) is 7.05 Å². The predicted molar refractivity (Wildman–Crippen MR) is 63.8 cm³/mol. The van der Waals surface area contributed by atoms with Crippen molar-refractivity contribution in [3.8, 4) is 5.69 Å². The molecule has 0 unspecified atom stereocenters. The Hall–Kier alpha value is -0.970. The van der Waals surface area contributed by atoms with Gasteiger partial charge in [0.2, 0.25) is 5.28 Å². The average molecular weight is 279 g/mol. The summed E-state index contributed by atoms with van der Waals surface area (Å²) in [6.45, 7) is 0. The average Bonchev–Trinajstić information content (AvgIpc) is 2.47. The zero-order valence-corrected chi connectivity index (χ0v) is 10.4. The van der Waals surface area contributed by atoms with E-state index in [1.807, 2.05) is 0 Å². The summed E-state index contributed by atoms with van der Waals surface area (Å²) in [5.74, 6) is 0. The Balaban J connectivity index is 2.68. The van der Waals surface area contributed by atoms with Crippen LogP contribution in [0.1, 0.15) is 0 Å². The molecule has 0 saturated carbocycles. The van der Waals surface area contributed by atoms with Crippen molar-refractivity contribution in [2.75, 3.05) is 0 Å². The lowest BCUT2D eigenvalue weighted by Gasteiger charge is -2.03. The standard InChI is InChI=1S/C9H6Cl3N3O/c1-14-9(16)15(8(12)13-14)5-2-3-6(10)7(11)4-5/h2-4H,1H3. The zero-order chi connectivity index (χ0) is 11.9. The summed E-state index contributed by atoms with van der Waals surface area (Å²) in [4.78, 5) is 11.7. The Kier molecular flexibility index (Phi) is 2.97. The number of hydrogen-bond acceptors (Lipinski definition) is 2. The van der Waals surface area contributed by atoms with Crippen molar-refractivity contribution in [3.05, 3.63) is 44.0 Å². The Morgan fingerprint density at radius 3 is 2.38 bits per heavy atom. The van der Waals surface area contributed by atoms with Crippen LogP contribution in [0.4, 0.5) is 0 Å². The molecule has 2 aromatic rings. The number of aromatic nitrogens is 3. The fraction of sp³-hybridized carbons (Fsp3) is 0.111. The van der Waals surface area contributed by atoms with E-state index in [4.69, 9.17) is 34.8 Å². The molecule has 0 aliphatic carbocycles. The van der Waals surface area contributed by atoms with Crippen molar-refractivity contribution in [1.29, 1.82) is 0 Å². The van der Waals surface area contributed by atoms with Crippen molar-refractivity contribution in [3.63, 3.8) is 0 Å². The molecule has 7 heteroatoms. The van der Waals surface area contributed by atoms with Gasteiger partial charge in [0.1, 0.15) is 0 Å². The highest BCUT2D eigenvalue weighted by atomic mass is 35.5. The van der Waals surface area contributed by atoms with Gasteiger partial charge in [-0.3, -0.25) is 0 Å². The highest BCUT2D eigenvalue weighted by Crippen LogP contribution is 2.24. The molecule has 0 spiro atoms. The van der Waals surface area contributed by atoms with E-state index < -0.39 is 0 Å². The van der Waals surface area contributed by atoms with Crippen LogP contribution in [0.5, 0.6) is 0 Å². The van der Waals surface area contributed by atoms with Crippen LogP contribution in [0, 0.1) is 0 Å². The molecule has 0 aliphatic rings. The van der Waals surface area contributed by atoms with Gasteiger partial charge in [0, 0.05) is 7.05 Å². The number of nitrogens with zero attached hydrogens (tertiary/aromatic N) is 3. The van der Waals surface area contributed by atoms with E-state index in [2.05, 4.69) is 5.10 Å². The second-order valence-electron chi connectivity index (χ2n) is 3.11. The quantitative estimate of drug-likeness (QED) is 0.804. The fourth-order valence-corrected chi connectivity index (χ4v) is 1.85. The number of aryl methyl sites for hydroxylation is 1. The van der Waals surface area contributed by atoms with Crippen LogP contribution in [0.25, 0.3) is 5.69 Å². The second kappa shape index (κ2) is 4.13. The zero-order valence-electron chi connectivity index (χ0n) is 8.12. The van der Waals surface area contributed by atoms with Crippen LogP contribution in [-0.4, -0.2) is 14.3 Å². The monoisotopic (exact) mass is 277 g/mol. The molecule has 0 bridgehead atoms. The maximum absolute atomic E-state index is 11.7. The molecule has 0 N–H and O–H groups in total. The molecular formula is C9H6Cl3N3O. The Morgan fingerprint density at radius 1 is 1.19 bits per heavy atom. The fourth-order valence-electron chi connectivity index (χ4n) is 1.28. The summed E-state index contributed by atoms with van der Waals surface area (Å²) in [7, 11) is 1.52. The minimum Gasteiger partial charge on any atom is -0.246 e. The maximum Gasteiger partial charge on any atom is 0.351 e. The molecule has 0 fully saturated rings. The molecule has 0 saturated heterocycles. The molecular weight excluding hydrogens is 272 g/mol. The molecule has 0 aliphatic heterocycles. The first-order valence-electron chi connectivity index (χ1n) is 4.27. The van der Waals surface area contributed by atoms with E-state index in [0.29, 0.717) is 15.7 Å². The number of halogens is 3. The van der Waals surface area contributed by atoms with Gasteiger partial charge in [0.25, 0.3) is 0 Å². The van der Waals surface area contributed by atoms with E-state index in [1.54, 1.807) is 18.2 Å². The van der Waals surface area contributed by atoms with E-state index in [-0.39, 0.29) is 11.0 Å². The minimum absolute atomic E-state index is 0.0749. The van der Waals surface area contributed by atoms with Crippen LogP contribution in [0.2, 0.25) is 15.3 Å². The molecule has 1 heterocycles. The van der Waals surface area contributed by atoms with Crippen LogP contribution in [0.15, 0.2) is 23.0 Å². The van der Waals surface area contributed by atoms with Gasteiger partial charge in [-0.15, -0.1) is 5.10 Å². The van der Waals surface area contributed by atoms with Gasteiger partial charge in [0.05, 0.1) is 15.7 Å². The Morgan fingerprint density at radius 2 is 1.88 bits per heavy atom. The highest BCUT2D eigenvalue weighted by molar-refractivity contribution is 6.42. The summed E-state index contributed by atoms with van der Waals surface area (Å²) >= 11 is 17.5. The van der Waals surface area contributed by atoms with E-state index >= 15 is 0 Å². The number of benzene rings is 1. The summed E-state index contributed by atoms with van der Waals surface area (Å²) in [5, 5.41) is 4.64. The molecule has 2 rings (SSSR count). The Bertz CT molecular complexity index is 603. The molecule has 16 heavy (non-hydrogen) atoms. The first kappa shape index (κ1) is 11.5. The molecule has 84 valence electrons. The topological polar surface area (TPSA) is 39.8 Å². The summed E-state index contributed by atoms with van der Waals surface area (Å²) in [6.07, 6.45) is 0. The summed E-state index contributed by atoms with van der Waals surface area (Å²) in [6, 6.07) is 4.79. The molecule has 1 aromatic carbocycles. The third-order valence-corrected chi connectivity index (χ3v) is 3.03. The second-order valence-corrected chi connectivity index (χ2v) is 4.26. The van der Waals surface area contributed by atoms with Gasteiger partial charge in [-0.25, -0.2) is 14.0 Å². The molecule has 0 atom stereocenters. The minimum atomic E-state index is -0.344. The van der Waals surface area contributed by atoms with Crippen molar-refractivity contribution >= 4 is 34.8 Å². The SMILES string of the molecule is Cn1nc(Cl)n(-c2ccc(Cl)c(Cl)c2)c1=O. The van der Waals surface area contributed by atoms with E-state index in [1.165, 1.54) is 11.6 Å². The normalized spacial score (nSPS) is 10.8. The lowest BCUT2D eigenvalue weighted by atomic mass is 10.3. The largest absolute Gasteiger partial charge is 0.351 e. The van der Waals surface area contributed by atoms with Gasteiger partial charge in [-0.1, -0.05) is 23.2 Å². The van der Waals surface area contributed by atoms with E-state index in [9.17, 15) is 4.79 Å². The lowest BCUT2D eigenvalue weighted by Crippen LogP contribution is -2.21. The first-order valence-corrected chi connectivity index (χ1v) is 5.41. The van der Waals surface area contributed by atoms with Crippen molar-refractivity contribution in [1.82, 2.24) is 14.3 Å². The maximum atomic E-state index is 11.7. The summed E-state index contributed by atoms with van der Waals surface area (Å²) in [5.41, 5.74) is 0.181. The summed E-state index contributed by atoms with van der Waals surface area (Å²) < 4.78 is 2.38. The lowest BCUT2D eigenvalue weighted by molar-refractivity contribution is 0.726. The van der Waals surface area contributed by atoms with Crippen LogP contribution >= 0.6 is 34.8 Å². The van der Waals surface area contributed by atoms with E-state index in [0.717, 1.165) is 4.68 Å². The first-order chi connectivity index (χ1) is 7.50. The van der Waals surface area contributed by atoms with Crippen molar-refractivity contribution < 1.29 is 0 Å². The molecule has 4 nitrogen and oxygen atoms in total. The van der Waals surface area contributed by atoms with Gasteiger partial charge in [-0.05, 0) is 29.8 Å². The third kappa shape index (κ3) is 1.84. The van der Waals surface area contributed by atoms with Gasteiger partial charge in [0.15, 0.2) is 0 Å². The van der Waals surface area contributed by atoms with Crippen molar-refractivity contribution in [2.45, 2.75) is 0 Å². The van der Waals surface area contributed by atoms with Crippen molar-refractivity contribution in [2.24, 2.45) is 7.05 Å². The van der Waals surface area contributed by atoms with Crippen LogP contribution in [0.3, 0.4) is 0 Å². The molecule has 0 amide bonds.